The van der Waals surface area contributed by atoms with Gasteiger partial charge in [0.25, 0.3) is 5.91 Å². The van der Waals surface area contributed by atoms with Gasteiger partial charge in [0.15, 0.2) is 11.6 Å². The van der Waals surface area contributed by atoms with Gasteiger partial charge in [-0.3, -0.25) is 4.79 Å². The van der Waals surface area contributed by atoms with E-state index in [-0.39, 0.29) is 23.3 Å². The molecule has 0 saturated heterocycles. The SMILES string of the molecule is COc1ccc(C(=O)N[C@H](C)c2cccc(Cl)c2)cc1F. The molecular weight excluding hydrogens is 293 g/mol. The van der Waals surface area contributed by atoms with Gasteiger partial charge in [0.2, 0.25) is 0 Å². The highest BCUT2D eigenvalue weighted by Crippen LogP contribution is 2.20. The maximum Gasteiger partial charge on any atom is 0.251 e. The number of hydrogen-bond acceptors (Lipinski definition) is 2. The predicted octanol–water partition coefficient (Wildman–Crippen LogP) is 3.98. The molecule has 0 aliphatic carbocycles. The van der Waals surface area contributed by atoms with E-state index >= 15 is 0 Å². The van der Waals surface area contributed by atoms with E-state index in [1.54, 1.807) is 12.1 Å². The van der Waals surface area contributed by atoms with Crippen LogP contribution in [0, 0.1) is 5.82 Å². The Morgan fingerprint density at radius 3 is 2.67 bits per heavy atom. The van der Waals surface area contributed by atoms with Crippen LogP contribution in [0.25, 0.3) is 0 Å². The molecule has 5 heteroatoms. The Morgan fingerprint density at radius 1 is 1.29 bits per heavy atom. The average molecular weight is 308 g/mol. The first-order chi connectivity index (χ1) is 10.0. The summed E-state index contributed by atoms with van der Waals surface area (Å²) in [6.07, 6.45) is 0. The number of ether oxygens (including phenoxy) is 1. The average Bonchev–Trinajstić information content (AvgIpc) is 2.47. The molecule has 0 saturated carbocycles. The van der Waals surface area contributed by atoms with Crippen LogP contribution in [0.2, 0.25) is 5.02 Å². The van der Waals surface area contributed by atoms with Crippen LogP contribution < -0.4 is 10.1 Å². The predicted molar refractivity (Wildman–Crippen MR) is 80.3 cm³/mol. The summed E-state index contributed by atoms with van der Waals surface area (Å²) in [5, 5.41) is 3.40. The largest absolute Gasteiger partial charge is 0.494 e. The Morgan fingerprint density at radius 2 is 2.05 bits per heavy atom. The zero-order chi connectivity index (χ0) is 15.4. The molecule has 1 amide bonds. The molecule has 2 rings (SSSR count). The first-order valence-corrected chi connectivity index (χ1v) is 6.79. The number of methoxy groups -OCH3 is 1. The van der Waals surface area contributed by atoms with Crippen molar-refractivity contribution in [1.29, 1.82) is 0 Å². The maximum atomic E-state index is 13.6. The Labute approximate surface area is 127 Å². The van der Waals surface area contributed by atoms with E-state index in [2.05, 4.69) is 5.32 Å². The summed E-state index contributed by atoms with van der Waals surface area (Å²) in [5.41, 5.74) is 1.12. The van der Waals surface area contributed by atoms with Crippen LogP contribution >= 0.6 is 11.6 Å². The van der Waals surface area contributed by atoms with Gasteiger partial charge in [0.1, 0.15) is 0 Å². The molecule has 0 radical (unpaired) electrons. The van der Waals surface area contributed by atoms with Crippen molar-refractivity contribution >= 4 is 17.5 Å². The minimum absolute atomic E-state index is 0.106. The van der Waals surface area contributed by atoms with Crippen molar-refractivity contribution in [2.75, 3.05) is 7.11 Å². The molecule has 0 unspecified atom stereocenters. The van der Waals surface area contributed by atoms with Gasteiger partial charge in [-0.25, -0.2) is 4.39 Å². The highest BCUT2D eigenvalue weighted by molar-refractivity contribution is 6.30. The molecule has 1 atom stereocenters. The second-order valence-electron chi connectivity index (χ2n) is 4.60. The molecule has 21 heavy (non-hydrogen) atoms. The molecule has 3 nitrogen and oxygen atoms in total. The van der Waals surface area contributed by atoms with Crippen LogP contribution in [0.4, 0.5) is 4.39 Å². The fourth-order valence-electron chi connectivity index (χ4n) is 1.95. The first-order valence-electron chi connectivity index (χ1n) is 6.41. The quantitative estimate of drug-likeness (QED) is 0.928. The van der Waals surface area contributed by atoms with E-state index in [0.717, 1.165) is 11.6 Å². The van der Waals surface area contributed by atoms with E-state index in [1.165, 1.54) is 19.2 Å². The molecule has 0 fully saturated rings. The van der Waals surface area contributed by atoms with Gasteiger partial charge in [-0.05, 0) is 42.8 Å². The summed E-state index contributed by atoms with van der Waals surface area (Å²) in [7, 11) is 1.37. The van der Waals surface area contributed by atoms with E-state index in [4.69, 9.17) is 16.3 Å². The van der Waals surface area contributed by atoms with E-state index in [1.807, 2.05) is 19.1 Å². The lowest BCUT2D eigenvalue weighted by Crippen LogP contribution is -2.26. The van der Waals surface area contributed by atoms with Crippen LogP contribution in [-0.4, -0.2) is 13.0 Å². The number of halogens is 2. The Hall–Kier alpha value is -2.07. The van der Waals surface area contributed by atoms with Crippen molar-refractivity contribution in [3.05, 3.63) is 64.4 Å². The van der Waals surface area contributed by atoms with Crippen LogP contribution in [0.5, 0.6) is 5.75 Å². The fraction of sp³-hybridized carbons (Fsp3) is 0.188. The van der Waals surface area contributed by atoms with Gasteiger partial charge >= 0.3 is 0 Å². The minimum atomic E-state index is -0.569. The maximum absolute atomic E-state index is 13.6. The van der Waals surface area contributed by atoms with Crippen molar-refractivity contribution in [2.24, 2.45) is 0 Å². The van der Waals surface area contributed by atoms with Gasteiger partial charge in [0.05, 0.1) is 13.2 Å². The number of rotatable bonds is 4. The molecular formula is C16H15ClFNO2. The van der Waals surface area contributed by atoms with E-state index in [0.29, 0.717) is 5.02 Å². The highest BCUT2D eigenvalue weighted by Gasteiger charge is 2.13. The third-order valence-electron chi connectivity index (χ3n) is 3.11. The topological polar surface area (TPSA) is 38.3 Å². The van der Waals surface area contributed by atoms with Crippen LogP contribution in [-0.2, 0) is 0 Å². The minimum Gasteiger partial charge on any atom is -0.494 e. The van der Waals surface area contributed by atoms with E-state index < -0.39 is 5.82 Å². The van der Waals surface area contributed by atoms with Gasteiger partial charge in [0, 0.05) is 10.6 Å². The molecule has 2 aromatic rings. The van der Waals surface area contributed by atoms with Crippen LogP contribution in [0.1, 0.15) is 28.9 Å². The lowest BCUT2D eigenvalue weighted by atomic mass is 10.1. The van der Waals surface area contributed by atoms with Crippen LogP contribution in [0.15, 0.2) is 42.5 Å². The molecule has 1 N–H and O–H groups in total. The monoisotopic (exact) mass is 307 g/mol. The highest BCUT2D eigenvalue weighted by atomic mass is 35.5. The molecule has 0 spiro atoms. The Balaban J connectivity index is 2.12. The van der Waals surface area contributed by atoms with Crippen molar-refractivity contribution < 1.29 is 13.9 Å². The number of benzene rings is 2. The van der Waals surface area contributed by atoms with E-state index in [9.17, 15) is 9.18 Å². The molecule has 110 valence electrons. The molecule has 0 bridgehead atoms. The fourth-order valence-corrected chi connectivity index (χ4v) is 2.15. The number of hydrogen-bond donors (Lipinski definition) is 1. The summed E-state index contributed by atoms with van der Waals surface area (Å²) in [5.74, 6) is -0.820. The molecule has 0 aliphatic heterocycles. The standard InChI is InChI=1S/C16H15ClFNO2/c1-10(11-4-3-5-13(17)8-11)19-16(20)12-6-7-15(21-2)14(18)9-12/h3-10H,1-2H3,(H,19,20)/t10-/m1/s1. The zero-order valence-electron chi connectivity index (χ0n) is 11.7. The molecule has 0 aliphatic rings. The summed E-state index contributed by atoms with van der Waals surface area (Å²) < 4.78 is 18.4. The number of carbonyl (C=O) groups is 1. The molecule has 0 aromatic heterocycles. The smallest absolute Gasteiger partial charge is 0.251 e. The Bertz CT molecular complexity index is 660. The lowest BCUT2D eigenvalue weighted by molar-refractivity contribution is 0.0939. The van der Waals surface area contributed by atoms with Gasteiger partial charge in [-0.2, -0.15) is 0 Å². The second kappa shape index (κ2) is 6.59. The van der Waals surface area contributed by atoms with Crippen molar-refractivity contribution in [2.45, 2.75) is 13.0 Å². The summed E-state index contributed by atoms with van der Waals surface area (Å²) in [6, 6.07) is 11.1. The normalized spacial score (nSPS) is 11.8. The third-order valence-corrected chi connectivity index (χ3v) is 3.35. The number of carbonyl (C=O) groups excluding carboxylic acids is 1. The van der Waals surface area contributed by atoms with Crippen molar-refractivity contribution in [3.63, 3.8) is 0 Å². The van der Waals surface area contributed by atoms with Gasteiger partial charge in [-0.15, -0.1) is 0 Å². The lowest BCUT2D eigenvalue weighted by Gasteiger charge is -2.15. The number of amides is 1. The second-order valence-corrected chi connectivity index (χ2v) is 5.04. The van der Waals surface area contributed by atoms with Crippen molar-refractivity contribution in [3.8, 4) is 5.75 Å². The van der Waals surface area contributed by atoms with Gasteiger partial charge in [-0.1, -0.05) is 23.7 Å². The molecule has 2 aromatic carbocycles. The summed E-state index contributed by atoms with van der Waals surface area (Å²) >= 11 is 5.92. The van der Waals surface area contributed by atoms with Crippen molar-refractivity contribution in [1.82, 2.24) is 5.32 Å². The number of nitrogens with one attached hydrogen (secondary N) is 1. The zero-order valence-corrected chi connectivity index (χ0v) is 12.4. The van der Waals surface area contributed by atoms with Gasteiger partial charge < -0.3 is 10.1 Å². The first kappa shape index (κ1) is 15.3. The molecule has 0 heterocycles. The summed E-state index contributed by atoms with van der Waals surface area (Å²) in [6.45, 7) is 1.84. The Kier molecular flexibility index (Phi) is 4.81. The van der Waals surface area contributed by atoms with Crippen LogP contribution in [0.3, 0.4) is 0 Å². The third kappa shape index (κ3) is 3.73. The summed E-state index contributed by atoms with van der Waals surface area (Å²) in [4.78, 5) is 12.1.